The fraction of sp³-hybridized carbons (Fsp3) is 0.267. The van der Waals surface area contributed by atoms with E-state index in [-0.39, 0.29) is 11.9 Å². The maximum atomic E-state index is 13.2. The molecule has 0 aliphatic heterocycles. The van der Waals surface area contributed by atoms with Gasteiger partial charge in [-0.15, -0.1) is 0 Å². The van der Waals surface area contributed by atoms with Crippen molar-refractivity contribution < 1.29 is 4.39 Å². The Labute approximate surface area is 121 Å². The topological polar surface area (TPSA) is 24.9 Å². The molecule has 0 aliphatic carbocycles. The molecular formula is C15H16BrFN2. The van der Waals surface area contributed by atoms with Crippen molar-refractivity contribution in [1.29, 1.82) is 0 Å². The highest BCUT2D eigenvalue weighted by atomic mass is 79.9. The normalized spacial score (nSPS) is 12.4. The zero-order chi connectivity index (χ0) is 13.8. The van der Waals surface area contributed by atoms with Gasteiger partial charge in [0.25, 0.3) is 0 Å². The third-order valence-electron chi connectivity index (χ3n) is 3.11. The van der Waals surface area contributed by atoms with Gasteiger partial charge in [-0.3, -0.25) is 4.98 Å². The molecular weight excluding hydrogens is 307 g/mol. The largest absolute Gasteiger partial charge is 0.313 e. The van der Waals surface area contributed by atoms with Crippen molar-refractivity contribution in [3.05, 3.63) is 63.6 Å². The molecule has 0 fully saturated rings. The van der Waals surface area contributed by atoms with Crippen LogP contribution in [0, 0.1) is 12.7 Å². The van der Waals surface area contributed by atoms with Crippen molar-refractivity contribution in [2.24, 2.45) is 0 Å². The van der Waals surface area contributed by atoms with E-state index in [0.29, 0.717) is 4.47 Å². The number of nitrogens with zero attached hydrogens (tertiary/aromatic N) is 1. The molecule has 1 unspecified atom stereocenters. The van der Waals surface area contributed by atoms with Gasteiger partial charge in [0.05, 0.1) is 4.47 Å². The minimum Gasteiger partial charge on any atom is -0.313 e. The molecule has 2 nitrogen and oxygen atoms in total. The second-order valence-corrected chi connectivity index (χ2v) is 5.38. The van der Waals surface area contributed by atoms with E-state index in [1.54, 1.807) is 0 Å². The van der Waals surface area contributed by atoms with Gasteiger partial charge in [-0.2, -0.15) is 0 Å². The number of hydrogen-bond acceptors (Lipinski definition) is 2. The Balaban J connectivity index is 2.18. The summed E-state index contributed by atoms with van der Waals surface area (Å²) < 4.78 is 13.7. The molecule has 1 atom stereocenters. The predicted octanol–water partition coefficient (Wildman–Crippen LogP) is 3.79. The van der Waals surface area contributed by atoms with Crippen molar-refractivity contribution in [2.45, 2.75) is 19.4 Å². The zero-order valence-corrected chi connectivity index (χ0v) is 12.5. The highest BCUT2D eigenvalue weighted by Gasteiger charge is 2.11. The fourth-order valence-electron chi connectivity index (χ4n) is 1.97. The minimum absolute atomic E-state index is 0.172. The molecule has 100 valence electrons. The molecule has 0 spiro atoms. The van der Waals surface area contributed by atoms with Gasteiger partial charge in [-0.05, 0) is 65.6 Å². The molecule has 1 aromatic heterocycles. The maximum absolute atomic E-state index is 13.2. The van der Waals surface area contributed by atoms with Crippen LogP contribution in [-0.4, -0.2) is 12.0 Å². The van der Waals surface area contributed by atoms with Gasteiger partial charge in [0, 0.05) is 17.9 Å². The van der Waals surface area contributed by atoms with E-state index in [4.69, 9.17) is 0 Å². The van der Waals surface area contributed by atoms with Crippen LogP contribution in [0.5, 0.6) is 0 Å². The van der Waals surface area contributed by atoms with Gasteiger partial charge in [0.1, 0.15) is 5.82 Å². The summed E-state index contributed by atoms with van der Waals surface area (Å²) in [6.45, 7) is 1.97. The SMILES string of the molecule is CNC(Cc1ccc(F)c(Br)c1)c1ccc(C)nc1. The van der Waals surface area contributed by atoms with Gasteiger partial charge in [0.15, 0.2) is 0 Å². The molecule has 19 heavy (non-hydrogen) atoms. The zero-order valence-electron chi connectivity index (χ0n) is 11.0. The number of likely N-dealkylation sites (N-methyl/N-ethyl adjacent to an activating group) is 1. The van der Waals surface area contributed by atoms with E-state index in [1.807, 2.05) is 38.4 Å². The summed E-state index contributed by atoms with van der Waals surface area (Å²) in [6.07, 6.45) is 2.68. The van der Waals surface area contributed by atoms with Crippen LogP contribution in [0.15, 0.2) is 41.0 Å². The van der Waals surface area contributed by atoms with Crippen molar-refractivity contribution in [3.8, 4) is 0 Å². The smallest absolute Gasteiger partial charge is 0.137 e. The van der Waals surface area contributed by atoms with E-state index in [0.717, 1.165) is 23.2 Å². The summed E-state index contributed by atoms with van der Waals surface area (Å²) in [6, 6.07) is 9.36. The van der Waals surface area contributed by atoms with Gasteiger partial charge in [0.2, 0.25) is 0 Å². The number of aryl methyl sites for hydroxylation is 1. The van der Waals surface area contributed by atoms with Crippen molar-refractivity contribution in [3.63, 3.8) is 0 Å². The summed E-state index contributed by atoms with van der Waals surface area (Å²) in [5.41, 5.74) is 3.21. The van der Waals surface area contributed by atoms with Crippen molar-refractivity contribution in [2.75, 3.05) is 7.05 Å². The van der Waals surface area contributed by atoms with Gasteiger partial charge >= 0.3 is 0 Å². The maximum Gasteiger partial charge on any atom is 0.137 e. The molecule has 2 rings (SSSR count). The third-order valence-corrected chi connectivity index (χ3v) is 3.72. The second kappa shape index (κ2) is 6.26. The van der Waals surface area contributed by atoms with Crippen LogP contribution in [0.1, 0.15) is 22.9 Å². The number of aromatic nitrogens is 1. The van der Waals surface area contributed by atoms with E-state index < -0.39 is 0 Å². The van der Waals surface area contributed by atoms with Crippen LogP contribution in [0.2, 0.25) is 0 Å². The first-order valence-corrected chi connectivity index (χ1v) is 6.93. The number of nitrogens with one attached hydrogen (secondary N) is 1. The first-order chi connectivity index (χ1) is 9.10. The monoisotopic (exact) mass is 322 g/mol. The average molecular weight is 323 g/mol. The summed E-state index contributed by atoms with van der Waals surface area (Å²) in [5.74, 6) is -0.234. The van der Waals surface area contributed by atoms with Crippen LogP contribution in [-0.2, 0) is 6.42 Å². The Kier molecular flexibility index (Phi) is 4.66. The summed E-state index contributed by atoms with van der Waals surface area (Å²) in [4.78, 5) is 4.31. The summed E-state index contributed by atoms with van der Waals surface area (Å²) >= 11 is 3.22. The molecule has 0 saturated heterocycles. The average Bonchev–Trinajstić information content (AvgIpc) is 2.41. The highest BCUT2D eigenvalue weighted by molar-refractivity contribution is 9.10. The molecule has 0 radical (unpaired) electrons. The van der Waals surface area contributed by atoms with Crippen LogP contribution >= 0.6 is 15.9 Å². The lowest BCUT2D eigenvalue weighted by atomic mass is 10.0. The summed E-state index contributed by atoms with van der Waals surface area (Å²) in [7, 11) is 1.92. The van der Waals surface area contributed by atoms with Crippen molar-refractivity contribution >= 4 is 15.9 Å². The first-order valence-electron chi connectivity index (χ1n) is 6.14. The molecule has 1 aromatic carbocycles. The Hall–Kier alpha value is -1.26. The Morgan fingerprint density at radius 1 is 1.32 bits per heavy atom. The molecule has 0 amide bonds. The lowest BCUT2D eigenvalue weighted by Crippen LogP contribution is -2.19. The lowest BCUT2D eigenvalue weighted by Gasteiger charge is -2.17. The molecule has 0 aliphatic rings. The van der Waals surface area contributed by atoms with Gasteiger partial charge in [-0.1, -0.05) is 12.1 Å². The Morgan fingerprint density at radius 2 is 2.11 bits per heavy atom. The number of hydrogen-bond donors (Lipinski definition) is 1. The standard InChI is InChI=1S/C15H16BrFN2/c1-10-3-5-12(9-19-10)15(18-2)8-11-4-6-14(17)13(16)7-11/h3-7,9,15,18H,8H2,1-2H3. The number of benzene rings is 1. The van der Waals surface area contributed by atoms with E-state index in [9.17, 15) is 4.39 Å². The van der Waals surface area contributed by atoms with Crippen LogP contribution in [0.4, 0.5) is 4.39 Å². The van der Waals surface area contributed by atoms with Crippen LogP contribution in [0.3, 0.4) is 0 Å². The quantitative estimate of drug-likeness (QED) is 0.926. The minimum atomic E-state index is -0.234. The number of halogens is 2. The van der Waals surface area contributed by atoms with E-state index >= 15 is 0 Å². The Morgan fingerprint density at radius 3 is 2.68 bits per heavy atom. The first kappa shape index (κ1) is 14.2. The van der Waals surface area contributed by atoms with Crippen LogP contribution < -0.4 is 5.32 Å². The molecule has 0 bridgehead atoms. The molecule has 4 heteroatoms. The Bertz CT molecular complexity index is 555. The molecule has 1 heterocycles. The molecule has 1 N–H and O–H groups in total. The second-order valence-electron chi connectivity index (χ2n) is 4.53. The van der Waals surface area contributed by atoms with E-state index in [1.165, 1.54) is 6.07 Å². The van der Waals surface area contributed by atoms with Gasteiger partial charge in [-0.25, -0.2) is 4.39 Å². The predicted molar refractivity (Wildman–Crippen MR) is 78.6 cm³/mol. The fourth-order valence-corrected chi connectivity index (χ4v) is 2.40. The van der Waals surface area contributed by atoms with Crippen molar-refractivity contribution in [1.82, 2.24) is 10.3 Å². The molecule has 0 saturated carbocycles. The highest BCUT2D eigenvalue weighted by Crippen LogP contribution is 2.22. The number of pyridine rings is 1. The third kappa shape index (κ3) is 3.61. The van der Waals surface area contributed by atoms with E-state index in [2.05, 4.69) is 32.3 Å². The lowest BCUT2D eigenvalue weighted by molar-refractivity contribution is 0.585. The number of rotatable bonds is 4. The van der Waals surface area contributed by atoms with Crippen LogP contribution in [0.25, 0.3) is 0 Å². The van der Waals surface area contributed by atoms with Gasteiger partial charge < -0.3 is 5.32 Å². The summed E-state index contributed by atoms with van der Waals surface area (Å²) in [5, 5.41) is 3.27. The molecule has 2 aromatic rings.